The first-order valence-electron chi connectivity index (χ1n) is 6.46. The molecule has 6 nitrogen and oxygen atoms in total. The summed E-state index contributed by atoms with van der Waals surface area (Å²) in [5.74, 6) is -2.24. The molecule has 8 heteroatoms. The highest BCUT2D eigenvalue weighted by atomic mass is 35.5. The average Bonchev–Trinajstić information content (AvgIpc) is 2.78. The molecular weight excluding hydrogens is 357 g/mol. The van der Waals surface area contributed by atoms with Crippen molar-refractivity contribution in [3.8, 4) is 0 Å². The van der Waals surface area contributed by atoms with Crippen LogP contribution >= 0.6 is 24.0 Å². The Hall–Kier alpha value is -2.70. The third-order valence-electron chi connectivity index (χ3n) is 3.49. The molecule has 1 aliphatic heterocycles. The monoisotopic (exact) mass is 365 g/mol. The summed E-state index contributed by atoms with van der Waals surface area (Å²) in [6, 6.07) is 9.37. The Bertz CT molecular complexity index is 877. The summed E-state index contributed by atoms with van der Waals surface area (Å²) in [6.45, 7) is 0. The number of carboxylic acid groups (broad SMARTS) is 1. The number of aromatic carboxylic acids is 1. The van der Waals surface area contributed by atoms with E-state index in [0.717, 1.165) is 4.90 Å². The first kappa shape index (κ1) is 17.7. The van der Waals surface area contributed by atoms with E-state index in [1.807, 2.05) is 0 Å². The van der Waals surface area contributed by atoms with Gasteiger partial charge in [0.25, 0.3) is 17.1 Å². The van der Waals surface area contributed by atoms with Gasteiger partial charge in [-0.1, -0.05) is 0 Å². The molecule has 24 heavy (non-hydrogen) atoms. The summed E-state index contributed by atoms with van der Waals surface area (Å²) in [4.78, 5) is 47.8. The van der Waals surface area contributed by atoms with Gasteiger partial charge in [-0.25, -0.2) is 9.69 Å². The maximum atomic E-state index is 12.4. The fourth-order valence-electron chi connectivity index (χ4n) is 2.35. The quantitative estimate of drug-likeness (QED) is 0.666. The number of nitrogens with zero attached hydrogens (tertiary/aromatic N) is 1. The van der Waals surface area contributed by atoms with Crippen molar-refractivity contribution < 1.29 is 24.3 Å². The fraction of sp³-hybridized carbons (Fsp3) is 0. The summed E-state index contributed by atoms with van der Waals surface area (Å²) < 4.78 is 0. The molecule has 1 N–H and O–H groups in total. The SMILES string of the molecule is Cl.O=C(O)c1ccc(N2C(=O)c3ccc(C(=O)Cl)cc3C2=O)cc1. The zero-order chi connectivity index (χ0) is 16.7. The first-order valence-corrected chi connectivity index (χ1v) is 6.84. The third kappa shape index (κ3) is 2.77. The van der Waals surface area contributed by atoms with Crippen molar-refractivity contribution in [1.82, 2.24) is 0 Å². The predicted octanol–water partition coefficient (Wildman–Crippen LogP) is 2.99. The molecule has 0 spiro atoms. The topological polar surface area (TPSA) is 91.8 Å². The van der Waals surface area contributed by atoms with Crippen molar-refractivity contribution in [2.45, 2.75) is 0 Å². The molecule has 0 aromatic heterocycles. The van der Waals surface area contributed by atoms with E-state index >= 15 is 0 Å². The minimum absolute atomic E-state index is 0. The molecule has 0 aliphatic carbocycles. The van der Waals surface area contributed by atoms with E-state index in [-0.39, 0.29) is 40.3 Å². The molecule has 0 atom stereocenters. The Kier molecular flexibility index (Phi) is 4.73. The van der Waals surface area contributed by atoms with Crippen LogP contribution in [-0.2, 0) is 0 Å². The zero-order valence-electron chi connectivity index (χ0n) is 11.9. The molecule has 0 saturated carbocycles. The van der Waals surface area contributed by atoms with Crippen LogP contribution in [-0.4, -0.2) is 28.1 Å². The number of hydrogen-bond donors (Lipinski definition) is 1. The van der Waals surface area contributed by atoms with Crippen LogP contribution in [0, 0.1) is 0 Å². The van der Waals surface area contributed by atoms with Gasteiger partial charge < -0.3 is 5.11 Å². The van der Waals surface area contributed by atoms with Gasteiger partial charge in [-0.05, 0) is 54.1 Å². The predicted molar refractivity (Wildman–Crippen MR) is 88.4 cm³/mol. The molecule has 1 aliphatic rings. The van der Waals surface area contributed by atoms with Crippen molar-refractivity contribution in [3.05, 3.63) is 64.7 Å². The smallest absolute Gasteiger partial charge is 0.335 e. The second-order valence-electron chi connectivity index (χ2n) is 4.83. The number of carbonyl (C=O) groups is 4. The number of fused-ring (bicyclic) bond motifs is 1. The van der Waals surface area contributed by atoms with Crippen molar-refractivity contribution >= 4 is 52.7 Å². The molecule has 0 radical (unpaired) electrons. The number of benzene rings is 2. The Morgan fingerprint density at radius 3 is 1.96 bits per heavy atom. The number of imide groups is 1. The molecular formula is C16H9Cl2NO5. The Morgan fingerprint density at radius 1 is 0.875 bits per heavy atom. The molecule has 2 amide bonds. The summed E-state index contributed by atoms with van der Waals surface area (Å²) >= 11 is 5.39. The van der Waals surface area contributed by atoms with Gasteiger partial charge in [-0.2, -0.15) is 0 Å². The van der Waals surface area contributed by atoms with Gasteiger partial charge >= 0.3 is 5.97 Å². The van der Waals surface area contributed by atoms with E-state index in [1.165, 1.54) is 42.5 Å². The van der Waals surface area contributed by atoms with Gasteiger partial charge in [-0.3, -0.25) is 14.4 Å². The lowest BCUT2D eigenvalue weighted by molar-refractivity contribution is 0.0696. The molecule has 0 saturated heterocycles. The summed E-state index contributed by atoms with van der Waals surface area (Å²) in [7, 11) is 0. The van der Waals surface area contributed by atoms with E-state index in [2.05, 4.69) is 0 Å². The first-order chi connectivity index (χ1) is 10.9. The van der Waals surface area contributed by atoms with E-state index in [4.69, 9.17) is 16.7 Å². The normalized spacial score (nSPS) is 12.6. The Balaban J connectivity index is 0.00000208. The molecule has 2 aromatic rings. The second kappa shape index (κ2) is 6.43. The molecule has 3 rings (SSSR count). The van der Waals surface area contributed by atoms with Crippen LogP contribution in [0.3, 0.4) is 0 Å². The van der Waals surface area contributed by atoms with E-state index < -0.39 is 23.0 Å². The maximum absolute atomic E-state index is 12.4. The molecule has 0 fully saturated rings. The van der Waals surface area contributed by atoms with Crippen LogP contribution in [0.15, 0.2) is 42.5 Å². The number of anilines is 1. The van der Waals surface area contributed by atoms with E-state index in [1.54, 1.807) is 0 Å². The lowest BCUT2D eigenvalue weighted by Gasteiger charge is -2.13. The standard InChI is InChI=1S/C16H8ClNO5.ClH/c17-13(19)9-3-6-11-12(7-9)15(21)18(14(11)20)10-4-1-8(2-5-10)16(22)23;/h1-7H,(H,22,23);1H. The Morgan fingerprint density at radius 2 is 1.42 bits per heavy atom. The Labute approximate surface area is 147 Å². The van der Waals surface area contributed by atoms with Gasteiger partial charge in [0.2, 0.25) is 0 Å². The molecule has 2 aromatic carbocycles. The number of amides is 2. The van der Waals surface area contributed by atoms with Crippen molar-refractivity contribution in [1.29, 1.82) is 0 Å². The van der Waals surface area contributed by atoms with Gasteiger partial charge in [0.1, 0.15) is 0 Å². The average molecular weight is 366 g/mol. The van der Waals surface area contributed by atoms with E-state index in [9.17, 15) is 19.2 Å². The molecule has 122 valence electrons. The number of carbonyl (C=O) groups excluding carboxylic acids is 3. The second-order valence-corrected chi connectivity index (χ2v) is 5.18. The van der Waals surface area contributed by atoms with Crippen molar-refractivity contribution in [2.75, 3.05) is 4.90 Å². The number of halogens is 2. The minimum Gasteiger partial charge on any atom is -0.478 e. The van der Waals surface area contributed by atoms with Crippen LogP contribution in [0.2, 0.25) is 0 Å². The number of rotatable bonds is 3. The van der Waals surface area contributed by atoms with Gasteiger partial charge in [-0.15, -0.1) is 12.4 Å². The van der Waals surface area contributed by atoms with Crippen LogP contribution in [0.25, 0.3) is 0 Å². The largest absolute Gasteiger partial charge is 0.478 e. The minimum atomic E-state index is -1.11. The van der Waals surface area contributed by atoms with Crippen molar-refractivity contribution in [2.24, 2.45) is 0 Å². The highest BCUT2D eigenvalue weighted by molar-refractivity contribution is 6.67. The summed E-state index contributed by atoms with van der Waals surface area (Å²) in [5, 5.41) is 8.15. The van der Waals surface area contributed by atoms with Crippen LogP contribution in [0.4, 0.5) is 5.69 Å². The maximum Gasteiger partial charge on any atom is 0.335 e. The van der Waals surface area contributed by atoms with Gasteiger partial charge in [0.15, 0.2) is 0 Å². The third-order valence-corrected chi connectivity index (χ3v) is 3.70. The summed E-state index contributed by atoms with van der Waals surface area (Å²) in [5.41, 5.74) is 0.665. The fourth-order valence-corrected chi connectivity index (χ4v) is 2.47. The number of hydrogen-bond acceptors (Lipinski definition) is 4. The number of carboxylic acids is 1. The van der Waals surface area contributed by atoms with Gasteiger partial charge in [0.05, 0.1) is 22.4 Å². The molecule has 0 bridgehead atoms. The molecule has 1 heterocycles. The van der Waals surface area contributed by atoms with Gasteiger partial charge in [0, 0.05) is 5.56 Å². The molecule has 0 unspecified atom stereocenters. The zero-order valence-corrected chi connectivity index (χ0v) is 13.4. The van der Waals surface area contributed by atoms with Crippen LogP contribution < -0.4 is 4.90 Å². The van der Waals surface area contributed by atoms with Crippen LogP contribution in [0.1, 0.15) is 41.4 Å². The van der Waals surface area contributed by atoms with Crippen LogP contribution in [0.5, 0.6) is 0 Å². The summed E-state index contributed by atoms with van der Waals surface area (Å²) in [6.07, 6.45) is 0. The lowest BCUT2D eigenvalue weighted by atomic mass is 10.1. The highest BCUT2D eigenvalue weighted by Gasteiger charge is 2.37. The highest BCUT2D eigenvalue weighted by Crippen LogP contribution is 2.29. The lowest BCUT2D eigenvalue weighted by Crippen LogP contribution is -2.29. The van der Waals surface area contributed by atoms with E-state index in [0.29, 0.717) is 0 Å². The van der Waals surface area contributed by atoms with Crippen molar-refractivity contribution in [3.63, 3.8) is 0 Å².